The Labute approximate surface area is 222 Å². The van der Waals surface area contributed by atoms with Gasteiger partial charge in [0.2, 0.25) is 11.8 Å². The summed E-state index contributed by atoms with van der Waals surface area (Å²) in [6.45, 7) is 6.89. The zero-order chi connectivity index (χ0) is 27.2. The Morgan fingerprint density at radius 2 is 1.92 bits per heavy atom. The molecule has 1 aliphatic carbocycles. The van der Waals surface area contributed by atoms with Crippen LogP contribution in [0.2, 0.25) is 0 Å². The van der Waals surface area contributed by atoms with Crippen LogP contribution >= 0.6 is 0 Å². The lowest BCUT2D eigenvalue weighted by Gasteiger charge is -2.27. The van der Waals surface area contributed by atoms with Gasteiger partial charge in [0.1, 0.15) is 17.6 Å². The molecule has 38 heavy (non-hydrogen) atoms. The number of nitrogens with one attached hydrogen (secondary N) is 2. The molecule has 0 radical (unpaired) electrons. The predicted molar refractivity (Wildman–Crippen MR) is 144 cm³/mol. The number of H-pyrrole nitrogens is 1. The van der Waals surface area contributed by atoms with Gasteiger partial charge in [-0.15, -0.1) is 0 Å². The fraction of sp³-hybridized carbons (Fsp3) is 0.500. The van der Waals surface area contributed by atoms with Crippen LogP contribution in [0.4, 0.5) is 0 Å². The highest BCUT2D eigenvalue weighted by atomic mass is 16.2. The van der Waals surface area contributed by atoms with E-state index in [4.69, 9.17) is 0 Å². The standard InChI is InChI=1S/C28H35N7O3/c1-16(36)26-25-20(19(7-8-21(25)32-33-26)18-14-30-17(2)31-15-18)11-24(37)35-22(12-28(3)13-23(28)35)27(38)29-9-6-10-34(4)5/h7-8,14-15,22-23H,6,9-13H2,1-5H3,(H,29,38)(H,32,33)/t22-,23+,28-/m0/s1. The summed E-state index contributed by atoms with van der Waals surface area (Å²) in [5, 5.41) is 10.8. The van der Waals surface area contributed by atoms with Crippen LogP contribution in [0, 0.1) is 12.3 Å². The average Bonchev–Trinajstić information content (AvgIpc) is 3.20. The lowest BCUT2D eigenvalue weighted by molar-refractivity contribution is -0.139. The number of hydrogen-bond acceptors (Lipinski definition) is 7. The quantitative estimate of drug-likeness (QED) is 0.330. The van der Waals surface area contributed by atoms with Crippen molar-refractivity contribution in [3.05, 3.63) is 41.6 Å². The Morgan fingerprint density at radius 1 is 1.18 bits per heavy atom. The first-order valence-electron chi connectivity index (χ1n) is 13.1. The highest BCUT2D eigenvalue weighted by molar-refractivity contribution is 6.08. The molecule has 5 rings (SSSR count). The molecule has 2 aliphatic rings. The van der Waals surface area contributed by atoms with Crippen LogP contribution in [0.25, 0.3) is 22.0 Å². The fourth-order valence-corrected chi connectivity index (χ4v) is 5.75. The van der Waals surface area contributed by atoms with Crippen molar-refractivity contribution in [1.82, 2.24) is 35.3 Å². The van der Waals surface area contributed by atoms with Crippen molar-refractivity contribution in [1.29, 1.82) is 0 Å². The molecule has 10 heteroatoms. The van der Waals surface area contributed by atoms with Crippen LogP contribution < -0.4 is 5.32 Å². The van der Waals surface area contributed by atoms with Crippen LogP contribution in [-0.4, -0.2) is 86.8 Å². The minimum atomic E-state index is -0.493. The van der Waals surface area contributed by atoms with Gasteiger partial charge in [0.25, 0.3) is 0 Å². The largest absolute Gasteiger partial charge is 0.354 e. The number of carbonyl (C=O) groups excluding carboxylic acids is 3. The molecule has 200 valence electrons. The number of benzene rings is 1. The second-order valence-electron chi connectivity index (χ2n) is 11.2. The number of aryl methyl sites for hydroxylation is 1. The first-order chi connectivity index (χ1) is 18.1. The smallest absolute Gasteiger partial charge is 0.242 e. The molecule has 2 aromatic heterocycles. The summed E-state index contributed by atoms with van der Waals surface area (Å²) in [6, 6.07) is 3.32. The molecule has 3 aromatic rings. The van der Waals surface area contributed by atoms with E-state index in [0.717, 1.165) is 30.5 Å². The van der Waals surface area contributed by atoms with E-state index in [1.165, 1.54) is 6.92 Å². The van der Waals surface area contributed by atoms with Crippen molar-refractivity contribution < 1.29 is 14.4 Å². The molecule has 1 saturated carbocycles. The third kappa shape index (κ3) is 4.80. The van der Waals surface area contributed by atoms with E-state index in [-0.39, 0.29) is 35.5 Å². The van der Waals surface area contributed by atoms with Crippen molar-refractivity contribution >= 4 is 28.5 Å². The van der Waals surface area contributed by atoms with E-state index in [0.29, 0.717) is 41.0 Å². The van der Waals surface area contributed by atoms with Crippen molar-refractivity contribution in [2.24, 2.45) is 5.41 Å². The van der Waals surface area contributed by atoms with E-state index in [1.807, 2.05) is 33.2 Å². The Kier molecular flexibility index (Phi) is 6.77. The molecule has 2 amide bonds. The summed E-state index contributed by atoms with van der Waals surface area (Å²) in [5.41, 5.74) is 3.17. The van der Waals surface area contributed by atoms with Gasteiger partial charge in [-0.05, 0) is 69.4 Å². The Morgan fingerprint density at radius 3 is 2.61 bits per heavy atom. The third-order valence-electron chi connectivity index (χ3n) is 7.90. The lowest BCUT2D eigenvalue weighted by Crippen LogP contribution is -2.48. The second kappa shape index (κ2) is 9.90. The van der Waals surface area contributed by atoms with Gasteiger partial charge in [-0.25, -0.2) is 9.97 Å². The van der Waals surface area contributed by atoms with E-state index >= 15 is 0 Å². The van der Waals surface area contributed by atoms with E-state index in [9.17, 15) is 14.4 Å². The van der Waals surface area contributed by atoms with Gasteiger partial charge in [-0.1, -0.05) is 13.0 Å². The second-order valence-corrected chi connectivity index (χ2v) is 11.2. The molecule has 2 fully saturated rings. The zero-order valence-electron chi connectivity index (χ0n) is 22.7. The van der Waals surface area contributed by atoms with Crippen LogP contribution in [-0.2, 0) is 16.0 Å². The summed E-state index contributed by atoms with van der Waals surface area (Å²) >= 11 is 0. The molecule has 3 atom stereocenters. The Hall–Kier alpha value is -3.66. The molecule has 1 aromatic carbocycles. The third-order valence-corrected chi connectivity index (χ3v) is 7.90. The molecule has 0 bridgehead atoms. The van der Waals surface area contributed by atoms with E-state index < -0.39 is 6.04 Å². The summed E-state index contributed by atoms with van der Waals surface area (Å²) in [4.78, 5) is 52.2. The molecule has 10 nitrogen and oxygen atoms in total. The van der Waals surface area contributed by atoms with Gasteiger partial charge in [0.15, 0.2) is 5.78 Å². The number of rotatable bonds is 9. The van der Waals surface area contributed by atoms with Gasteiger partial charge in [-0.3, -0.25) is 19.5 Å². The van der Waals surface area contributed by atoms with Crippen LogP contribution in [0.1, 0.15) is 55.0 Å². The first-order valence-corrected chi connectivity index (χ1v) is 13.1. The lowest BCUT2D eigenvalue weighted by atomic mass is 9.93. The van der Waals surface area contributed by atoms with E-state index in [1.54, 1.807) is 17.3 Å². The SMILES string of the molecule is CC(=O)c1n[nH]c2ccc(-c3cnc(C)nc3)c(CC(=O)N3[C@H](C(=O)NCCCN(C)C)C[C@@]4(C)C[C@@H]34)c12. The average molecular weight is 518 g/mol. The van der Waals surface area contributed by atoms with Gasteiger partial charge in [0.05, 0.1) is 11.9 Å². The number of amides is 2. The molecular formula is C28H35N7O3. The fourth-order valence-electron chi connectivity index (χ4n) is 5.75. The zero-order valence-corrected chi connectivity index (χ0v) is 22.7. The van der Waals surface area contributed by atoms with Crippen LogP contribution in [0.5, 0.6) is 0 Å². The normalized spacial score (nSPS) is 22.1. The maximum atomic E-state index is 14.0. The number of aromatic amines is 1. The number of piperidine rings is 1. The molecule has 1 aliphatic heterocycles. The highest BCUT2D eigenvalue weighted by Gasteiger charge is 2.64. The highest BCUT2D eigenvalue weighted by Crippen LogP contribution is 2.59. The molecule has 2 N–H and O–H groups in total. The molecule has 0 unspecified atom stereocenters. The maximum absolute atomic E-state index is 14.0. The van der Waals surface area contributed by atoms with Gasteiger partial charge >= 0.3 is 0 Å². The number of Topliss-reactive ketones (excluding diaryl/α,β-unsaturated/α-hetero) is 1. The minimum absolute atomic E-state index is 0.0267. The molecule has 3 heterocycles. The van der Waals surface area contributed by atoms with Crippen LogP contribution in [0.15, 0.2) is 24.5 Å². The summed E-state index contributed by atoms with van der Waals surface area (Å²) in [5.74, 6) is 0.240. The van der Waals surface area contributed by atoms with Crippen molar-refractivity contribution in [3.8, 4) is 11.1 Å². The molecule has 0 spiro atoms. The van der Waals surface area contributed by atoms with Gasteiger partial charge in [-0.2, -0.15) is 5.10 Å². The van der Waals surface area contributed by atoms with Crippen molar-refractivity contribution in [2.75, 3.05) is 27.2 Å². The summed E-state index contributed by atoms with van der Waals surface area (Å²) < 4.78 is 0. The van der Waals surface area contributed by atoms with Gasteiger partial charge < -0.3 is 15.1 Å². The maximum Gasteiger partial charge on any atom is 0.242 e. The molecule has 1 saturated heterocycles. The first kappa shape index (κ1) is 26.0. The Bertz CT molecular complexity index is 1400. The summed E-state index contributed by atoms with van der Waals surface area (Å²) in [6.07, 6.45) is 5.90. The van der Waals surface area contributed by atoms with Crippen molar-refractivity contribution in [3.63, 3.8) is 0 Å². The number of hydrogen-bond donors (Lipinski definition) is 2. The molecular weight excluding hydrogens is 482 g/mol. The monoisotopic (exact) mass is 517 g/mol. The summed E-state index contributed by atoms with van der Waals surface area (Å²) in [7, 11) is 4.01. The number of fused-ring (bicyclic) bond motifs is 2. The number of likely N-dealkylation sites (tertiary alicyclic amines) is 1. The number of aromatic nitrogens is 4. The topological polar surface area (TPSA) is 124 Å². The van der Waals surface area contributed by atoms with Gasteiger partial charge in [0, 0.05) is 42.9 Å². The van der Waals surface area contributed by atoms with E-state index in [2.05, 4.69) is 37.3 Å². The predicted octanol–water partition coefficient (Wildman–Crippen LogP) is 2.52. The Balaban J connectivity index is 1.47. The number of ketones is 1. The van der Waals surface area contributed by atoms with Crippen LogP contribution in [0.3, 0.4) is 0 Å². The van der Waals surface area contributed by atoms with Crippen molar-refractivity contribution in [2.45, 2.75) is 58.5 Å². The minimum Gasteiger partial charge on any atom is -0.354 e. The number of nitrogens with zero attached hydrogens (tertiary/aromatic N) is 5. The number of carbonyl (C=O) groups is 3.